The molecule has 1 aromatic carbocycles. The first-order valence-corrected chi connectivity index (χ1v) is 7.72. The first-order chi connectivity index (χ1) is 11.0. The van der Waals surface area contributed by atoms with E-state index in [1.54, 1.807) is 19.1 Å². The van der Waals surface area contributed by atoms with Gasteiger partial charge in [-0.15, -0.1) is 0 Å². The number of nitrogens with zero attached hydrogens (tertiary/aromatic N) is 1. The van der Waals surface area contributed by atoms with E-state index in [-0.39, 0.29) is 47.3 Å². The molecule has 3 fully saturated rings. The Balaban J connectivity index is 1.56. The largest absolute Gasteiger partial charge is 0.462 e. The third kappa shape index (κ3) is 2.03. The van der Waals surface area contributed by atoms with E-state index in [1.807, 2.05) is 0 Å². The van der Waals surface area contributed by atoms with Crippen molar-refractivity contribution in [1.82, 2.24) is 0 Å². The Labute approximate surface area is 132 Å². The maximum atomic E-state index is 12.6. The number of nitro groups is 1. The summed E-state index contributed by atoms with van der Waals surface area (Å²) in [5.74, 6) is -0.906. The summed E-state index contributed by atoms with van der Waals surface area (Å²) in [6.45, 7) is 1.65. The number of nitro benzene ring substituents is 1. The highest BCUT2D eigenvalue weighted by atomic mass is 16.6. The van der Waals surface area contributed by atoms with E-state index >= 15 is 0 Å². The molecule has 1 saturated heterocycles. The Morgan fingerprint density at radius 2 is 2.17 bits per heavy atom. The Morgan fingerprint density at radius 1 is 1.39 bits per heavy atom. The fraction of sp³-hybridized carbons (Fsp3) is 0.500. The molecule has 7 nitrogen and oxygen atoms in total. The van der Waals surface area contributed by atoms with Gasteiger partial charge in [-0.05, 0) is 31.7 Å². The molecular formula is C16H16N2O5. The number of esters is 1. The van der Waals surface area contributed by atoms with Gasteiger partial charge in [-0.3, -0.25) is 19.7 Å². The average molecular weight is 316 g/mol. The SMILES string of the molecule is Cc1ccc(NC(=O)[C@@H]2[C@@H]3C[C@@H]4[C@H]2C(=O)O[C@H]4C3)cc1[N+](=O)[O-]. The smallest absolute Gasteiger partial charge is 0.310 e. The molecule has 1 aliphatic heterocycles. The number of ether oxygens (including phenoxy) is 1. The van der Waals surface area contributed by atoms with Gasteiger partial charge in [-0.2, -0.15) is 0 Å². The van der Waals surface area contributed by atoms with Gasteiger partial charge in [0, 0.05) is 23.2 Å². The number of carbonyl (C=O) groups is 2. The number of amides is 1. The van der Waals surface area contributed by atoms with Crippen molar-refractivity contribution in [3.05, 3.63) is 33.9 Å². The van der Waals surface area contributed by atoms with Crippen LogP contribution in [0, 0.1) is 40.7 Å². The lowest BCUT2D eigenvalue weighted by Gasteiger charge is -2.23. The zero-order valence-electron chi connectivity index (χ0n) is 12.5. The van der Waals surface area contributed by atoms with E-state index in [0.29, 0.717) is 11.3 Å². The summed E-state index contributed by atoms with van der Waals surface area (Å²) in [5.41, 5.74) is 0.893. The molecular weight excluding hydrogens is 300 g/mol. The fourth-order valence-electron chi connectivity index (χ4n) is 4.47. The van der Waals surface area contributed by atoms with Crippen molar-refractivity contribution < 1.29 is 19.2 Å². The van der Waals surface area contributed by atoms with Crippen LogP contribution in [0.1, 0.15) is 18.4 Å². The molecule has 0 unspecified atom stereocenters. The summed E-state index contributed by atoms with van der Waals surface area (Å²) in [6.07, 6.45) is 1.59. The van der Waals surface area contributed by atoms with Crippen LogP contribution in [-0.4, -0.2) is 22.9 Å². The molecule has 1 amide bonds. The predicted octanol–water partition coefficient (Wildman–Crippen LogP) is 2.04. The van der Waals surface area contributed by atoms with E-state index in [2.05, 4.69) is 5.32 Å². The molecule has 7 heteroatoms. The third-order valence-corrected chi connectivity index (χ3v) is 5.46. The number of anilines is 1. The first-order valence-electron chi connectivity index (χ1n) is 7.72. The Hall–Kier alpha value is -2.44. The molecule has 2 bridgehead atoms. The van der Waals surface area contributed by atoms with Crippen molar-refractivity contribution in [1.29, 1.82) is 0 Å². The van der Waals surface area contributed by atoms with Gasteiger partial charge in [0.2, 0.25) is 5.91 Å². The number of nitrogens with one attached hydrogen (secondary N) is 1. The summed E-state index contributed by atoms with van der Waals surface area (Å²) in [6, 6.07) is 4.60. The van der Waals surface area contributed by atoms with Crippen LogP contribution >= 0.6 is 0 Å². The molecule has 3 aliphatic rings. The summed E-state index contributed by atoms with van der Waals surface area (Å²) >= 11 is 0. The Kier molecular flexibility index (Phi) is 2.94. The normalized spacial score (nSPS) is 33.6. The van der Waals surface area contributed by atoms with Gasteiger partial charge in [0.05, 0.1) is 16.8 Å². The zero-order chi connectivity index (χ0) is 16.3. The lowest BCUT2D eigenvalue weighted by Crippen LogP contribution is -2.35. The first kappa shape index (κ1) is 14.2. The number of aryl methyl sites for hydroxylation is 1. The average Bonchev–Trinajstić information content (AvgIpc) is 3.10. The van der Waals surface area contributed by atoms with Crippen LogP contribution in [0.25, 0.3) is 0 Å². The molecule has 1 heterocycles. The molecule has 0 aromatic heterocycles. The molecule has 0 spiro atoms. The quantitative estimate of drug-likeness (QED) is 0.522. The molecule has 2 saturated carbocycles. The van der Waals surface area contributed by atoms with Crippen LogP contribution in [0.3, 0.4) is 0 Å². The highest BCUT2D eigenvalue weighted by molar-refractivity contribution is 5.97. The van der Waals surface area contributed by atoms with Crippen LogP contribution in [0.2, 0.25) is 0 Å². The standard InChI is InChI=1S/C16H16N2O5/c1-7-2-3-9(6-11(7)18(21)22)17-15(19)13-8-4-10-12(5-8)23-16(20)14(10)13/h2-3,6,8,10,12-14H,4-5H2,1H3,(H,17,19)/t8-,10+,12+,13-,14-/m1/s1. The summed E-state index contributed by atoms with van der Waals surface area (Å²) < 4.78 is 5.33. The van der Waals surface area contributed by atoms with Crippen molar-refractivity contribution in [3.63, 3.8) is 0 Å². The molecule has 1 N–H and O–H groups in total. The summed E-state index contributed by atoms with van der Waals surface area (Å²) in [5, 5.41) is 13.7. The van der Waals surface area contributed by atoms with E-state index in [9.17, 15) is 19.7 Å². The number of rotatable bonds is 3. The van der Waals surface area contributed by atoms with Gasteiger partial charge >= 0.3 is 5.97 Å². The zero-order valence-corrected chi connectivity index (χ0v) is 12.5. The van der Waals surface area contributed by atoms with Crippen molar-refractivity contribution in [2.75, 3.05) is 5.32 Å². The molecule has 5 atom stereocenters. The van der Waals surface area contributed by atoms with E-state index < -0.39 is 4.92 Å². The Bertz CT molecular complexity index is 729. The van der Waals surface area contributed by atoms with Crippen LogP contribution in [0.15, 0.2) is 18.2 Å². The van der Waals surface area contributed by atoms with Crippen molar-refractivity contribution >= 4 is 23.3 Å². The third-order valence-electron chi connectivity index (χ3n) is 5.46. The van der Waals surface area contributed by atoms with Crippen LogP contribution < -0.4 is 5.32 Å². The van der Waals surface area contributed by atoms with Gasteiger partial charge in [-0.1, -0.05) is 6.07 Å². The van der Waals surface area contributed by atoms with Crippen LogP contribution in [0.5, 0.6) is 0 Å². The molecule has 0 radical (unpaired) electrons. The minimum atomic E-state index is -0.471. The fourth-order valence-corrected chi connectivity index (χ4v) is 4.47. The monoisotopic (exact) mass is 316 g/mol. The van der Waals surface area contributed by atoms with Gasteiger partial charge in [0.25, 0.3) is 5.69 Å². The predicted molar refractivity (Wildman–Crippen MR) is 79.5 cm³/mol. The van der Waals surface area contributed by atoms with Gasteiger partial charge in [0.15, 0.2) is 0 Å². The van der Waals surface area contributed by atoms with E-state index in [4.69, 9.17) is 4.74 Å². The molecule has 120 valence electrons. The summed E-state index contributed by atoms with van der Waals surface area (Å²) in [4.78, 5) is 35.1. The minimum absolute atomic E-state index is 0.0120. The molecule has 4 rings (SSSR count). The second kappa shape index (κ2) is 4.78. The second-order valence-corrected chi connectivity index (χ2v) is 6.67. The van der Waals surface area contributed by atoms with Gasteiger partial charge in [-0.25, -0.2) is 0 Å². The van der Waals surface area contributed by atoms with Gasteiger partial charge in [0.1, 0.15) is 6.10 Å². The van der Waals surface area contributed by atoms with Crippen molar-refractivity contribution in [3.8, 4) is 0 Å². The highest BCUT2D eigenvalue weighted by Gasteiger charge is 2.63. The number of hydrogen-bond acceptors (Lipinski definition) is 5. The van der Waals surface area contributed by atoms with Crippen molar-refractivity contribution in [2.24, 2.45) is 23.7 Å². The minimum Gasteiger partial charge on any atom is -0.462 e. The lowest BCUT2D eigenvalue weighted by molar-refractivity contribution is -0.385. The van der Waals surface area contributed by atoms with Crippen molar-refractivity contribution in [2.45, 2.75) is 25.9 Å². The van der Waals surface area contributed by atoms with E-state index in [1.165, 1.54) is 6.07 Å². The molecule has 23 heavy (non-hydrogen) atoms. The molecule has 2 aliphatic carbocycles. The topological polar surface area (TPSA) is 98.5 Å². The number of hydrogen-bond donors (Lipinski definition) is 1. The maximum Gasteiger partial charge on any atom is 0.310 e. The molecule has 1 aromatic rings. The van der Waals surface area contributed by atoms with Crippen LogP contribution in [0.4, 0.5) is 11.4 Å². The van der Waals surface area contributed by atoms with Crippen LogP contribution in [-0.2, 0) is 14.3 Å². The number of fused-ring (bicyclic) bond motifs is 1. The maximum absolute atomic E-state index is 12.6. The Morgan fingerprint density at radius 3 is 2.91 bits per heavy atom. The van der Waals surface area contributed by atoms with Gasteiger partial charge < -0.3 is 10.1 Å². The highest BCUT2D eigenvalue weighted by Crippen LogP contribution is 2.57. The lowest BCUT2D eigenvalue weighted by atomic mass is 9.79. The number of benzene rings is 1. The number of carbonyl (C=O) groups excluding carboxylic acids is 2. The van der Waals surface area contributed by atoms with E-state index in [0.717, 1.165) is 12.8 Å². The summed E-state index contributed by atoms with van der Waals surface area (Å²) in [7, 11) is 0. The second-order valence-electron chi connectivity index (χ2n) is 6.67.